The third kappa shape index (κ3) is 13.8. The van der Waals surface area contributed by atoms with Crippen molar-refractivity contribution >= 4 is 18.3 Å². The van der Waals surface area contributed by atoms with Crippen LogP contribution in [0.3, 0.4) is 0 Å². The van der Waals surface area contributed by atoms with Gasteiger partial charge in [0, 0.05) is 6.04 Å². The Morgan fingerprint density at radius 3 is 1.60 bits per heavy atom. The molecule has 4 aliphatic rings. The molecule has 3 aromatic carbocycles. The summed E-state index contributed by atoms with van der Waals surface area (Å²) < 4.78 is 54.1. The van der Waals surface area contributed by atoms with Crippen molar-refractivity contribution in [3.05, 3.63) is 132 Å². The lowest BCUT2D eigenvalue weighted by molar-refractivity contribution is -0.286. The van der Waals surface area contributed by atoms with E-state index in [1.807, 2.05) is 98.8 Å². The quantitative estimate of drug-likeness (QED) is 0.0712. The van der Waals surface area contributed by atoms with Crippen molar-refractivity contribution in [2.45, 2.75) is 132 Å². The number of aliphatic hydroxyl groups is 3. The molecule has 368 valence electrons. The first-order valence-electron chi connectivity index (χ1n) is 22.9. The fourth-order valence-corrected chi connectivity index (χ4v) is 8.28. The van der Waals surface area contributed by atoms with E-state index in [1.54, 1.807) is 30.4 Å². The minimum Gasteiger partial charge on any atom is -0.445 e. The van der Waals surface area contributed by atoms with Crippen LogP contribution in [0.2, 0.25) is 0 Å². The summed E-state index contributed by atoms with van der Waals surface area (Å²) in [6, 6.07) is 24.9. The lowest BCUT2D eigenvalue weighted by Crippen LogP contribution is -2.61. The molecular formula is C49H62N4O15. The number of nitrogens with one attached hydrogen (secondary N) is 3. The van der Waals surface area contributed by atoms with Gasteiger partial charge in [-0.1, -0.05) is 129 Å². The van der Waals surface area contributed by atoms with E-state index in [1.165, 1.54) is 0 Å². The Labute approximate surface area is 394 Å². The molecule has 2 fully saturated rings. The maximum absolute atomic E-state index is 13.1. The zero-order valence-corrected chi connectivity index (χ0v) is 37.9. The van der Waals surface area contributed by atoms with Gasteiger partial charge in [0.15, 0.2) is 18.9 Å². The second-order valence-electron chi connectivity index (χ2n) is 17.1. The molecule has 1 saturated carbocycles. The number of nitrogens with two attached hydrogens (primary N) is 1. The summed E-state index contributed by atoms with van der Waals surface area (Å²) in [6.07, 6.45) is -7.07. The first-order chi connectivity index (χ1) is 33.0. The van der Waals surface area contributed by atoms with Crippen LogP contribution in [-0.2, 0) is 62.5 Å². The van der Waals surface area contributed by atoms with Gasteiger partial charge in [0.25, 0.3) is 0 Å². The number of hydrogen-bond acceptors (Lipinski definition) is 16. The van der Waals surface area contributed by atoms with Crippen molar-refractivity contribution in [3.8, 4) is 0 Å². The van der Waals surface area contributed by atoms with Crippen LogP contribution < -0.4 is 21.7 Å². The summed E-state index contributed by atoms with van der Waals surface area (Å²) in [7, 11) is 0. The predicted molar refractivity (Wildman–Crippen MR) is 242 cm³/mol. The lowest BCUT2D eigenvalue weighted by atomic mass is 9.80. The molecule has 1 saturated heterocycles. The van der Waals surface area contributed by atoms with Gasteiger partial charge in [-0.3, -0.25) is 0 Å². The monoisotopic (exact) mass is 946 g/mol. The van der Waals surface area contributed by atoms with Gasteiger partial charge in [0.2, 0.25) is 0 Å². The molecule has 3 aliphatic heterocycles. The number of rotatable bonds is 18. The van der Waals surface area contributed by atoms with Gasteiger partial charge >= 0.3 is 18.3 Å². The minimum absolute atomic E-state index is 0.0187. The van der Waals surface area contributed by atoms with Crippen molar-refractivity contribution in [1.82, 2.24) is 16.0 Å². The van der Waals surface area contributed by atoms with E-state index in [0.717, 1.165) is 16.7 Å². The van der Waals surface area contributed by atoms with Gasteiger partial charge < -0.3 is 79.6 Å². The number of alkyl carbamates (subject to hydrolysis) is 3. The number of benzene rings is 3. The Hall–Kier alpha value is -5.45. The average Bonchev–Trinajstić information content (AvgIpc) is 3.65. The van der Waals surface area contributed by atoms with Gasteiger partial charge in [-0.05, 0) is 35.4 Å². The van der Waals surface area contributed by atoms with Gasteiger partial charge in [-0.2, -0.15) is 0 Å². The Morgan fingerprint density at radius 1 is 0.618 bits per heavy atom. The molecule has 1 aliphatic carbocycles. The number of carbonyl (C=O) groups is 3. The van der Waals surface area contributed by atoms with E-state index >= 15 is 0 Å². The van der Waals surface area contributed by atoms with Crippen LogP contribution >= 0.6 is 0 Å². The summed E-state index contributed by atoms with van der Waals surface area (Å²) >= 11 is 0. The maximum atomic E-state index is 13.1. The summed E-state index contributed by atoms with van der Waals surface area (Å²) in [5, 5.41) is 42.2. The SMILES string of the molecule is CCC1C=CC(NC(=O)OCc2ccccc2)C(OC2C(C)CC(N)C(O)C2OC2OC(CO)C(OC3OC(CNC(=O)OCc4ccccc4)C=CC3NC(=O)OCc3ccccc3)C2O)O1. The van der Waals surface area contributed by atoms with Gasteiger partial charge in [-0.15, -0.1) is 0 Å². The first-order valence-corrected chi connectivity index (χ1v) is 22.9. The first kappa shape index (κ1) is 50.4. The third-order valence-corrected chi connectivity index (χ3v) is 12.0. The summed E-state index contributed by atoms with van der Waals surface area (Å²) in [5.74, 6) is -0.338. The Bertz CT molecular complexity index is 2100. The smallest absolute Gasteiger partial charge is 0.408 e. The average molecular weight is 947 g/mol. The highest BCUT2D eigenvalue weighted by atomic mass is 16.8. The summed E-state index contributed by atoms with van der Waals surface area (Å²) in [5.41, 5.74) is 8.79. The van der Waals surface area contributed by atoms with Crippen LogP contribution in [0.1, 0.15) is 43.4 Å². The molecule has 0 radical (unpaired) electrons. The predicted octanol–water partition coefficient (Wildman–Crippen LogP) is 3.44. The minimum atomic E-state index is -1.61. The molecule has 0 spiro atoms. The fourth-order valence-electron chi connectivity index (χ4n) is 8.28. The maximum Gasteiger partial charge on any atom is 0.408 e. The number of amides is 3. The van der Waals surface area contributed by atoms with Crippen molar-refractivity contribution in [1.29, 1.82) is 0 Å². The third-order valence-electron chi connectivity index (χ3n) is 12.0. The molecule has 19 nitrogen and oxygen atoms in total. The van der Waals surface area contributed by atoms with E-state index < -0.39 is 105 Å². The van der Waals surface area contributed by atoms with Crippen LogP contribution in [0.4, 0.5) is 14.4 Å². The molecule has 3 amide bonds. The van der Waals surface area contributed by atoms with Crippen LogP contribution in [0.5, 0.6) is 0 Å². The zero-order chi connectivity index (χ0) is 48.0. The molecule has 3 aromatic rings. The molecule has 19 heteroatoms. The van der Waals surface area contributed by atoms with Crippen molar-refractivity contribution in [2.75, 3.05) is 13.2 Å². The molecule has 0 aromatic heterocycles. The van der Waals surface area contributed by atoms with Gasteiger partial charge in [-0.25, -0.2) is 14.4 Å². The van der Waals surface area contributed by atoms with Crippen LogP contribution in [0.15, 0.2) is 115 Å². The largest absolute Gasteiger partial charge is 0.445 e. The molecule has 15 unspecified atom stereocenters. The Morgan fingerprint density at radius 2 is 1.09 bits per heavy atom. The van der Waals surface area contributed by atoms with E-state index in [2.05, 4.69) is 16.0 Å². The van der Waals surface area contributed by atoms with E-state index in [-0.39, 0.29) is 38.4 Å². The van der Waals surface area contributed by atoms with E-state index in [0.29, 0.717) is 12.8 Å². The van der Waals surface area contributed by atoms with Gasteiger partial charge in [0.1, 0.15) is 56.3 Å². The highest BCUT2D eigenvalue weighted by Gasteiger charge is 2.52. The van der Waals surface area contributed by atoms with Crippen molar-refractivity contribution < 1.29 is 72.3 Å². The molecule has 7 rings (SSSR count). The molecule has 15 atom stereocenters. The number of aliphatic hydroxyl groups excluding tert-OH is 3. The van der Waals surface area contributed by atoms with E-state index in [4.69, 9.17) is 48.4 Å². The summed E-state index contributed by atoms with van der Waals surface area (Å²) in [4.78, 5) is 38.7. The van der Waals surface area contributed by atoms with Crippen LogP contribution in [0.25, 0.3) is 0 Å². The molecule has 68 heavy (non-hydrogen) atoms. The molecule has 8 N–H and O–H groups in total. The van der Waals surface area contributed by atoms with E-state index in [9.17, 15) is 29.7 Å². The number of ether oxygens (including phenoxy) is 9. The van der Waals surface area contributed by atoms with Crippen LogP contribution in [0, 0.1) is 5.92 Å². The molecule has 0 bridgehead atoms. The van der Waals surface area contributed by atoms with Crippen molar-refractivity contribution in [3.63, 3.8) is 0 Å². The Kier molecular flexibility index (Phi) is 18.3. The normalized spacial score (nSPS) is 32.2. The Balaban J connectivity index is 1.02. The zero-order valence-electron chi connectivity index (χ0n) is 37.9. The highest BCUT2D eigenvalue weighted by molar-refractivity contribution is 5.69. The highest BCUT2D eigenvalue weighted by Crippen LogP contribution is 2.36. The van der Waals surface area contributed by atoms with Crippen molar-refractivity contribution in [2.24, 2.45) is 11.7 Å². The second-order valence-corrected chi connectivity index (χ2v) is 17.1. The number of carbonyl (C=O) groups excluding carboxylic acids is 3. The molecule has 3 heterocycles. The fraction of sp³-hybridized carbons (Fsp3) is 0.490. The summed E-state index contributed by atoms with van der Waals surface area (Å²) in [6.45, 7) is 3.18. The standard InChI is InChI=1S/C49H62N4O15/c1-3-33-19-21-36(52-48(58)61-27-31-15-9-5-10-16-31)44(63-33)66-41-29(2)23-35(50)39(55)43(41)68-46-40(56)42(38(25-54)65-46)67-45-37(53-49(59)62-28-32-17-11-6-12-18-32)22-20-34(64-45)24-51-47(57)60-26-30-13-7-4-8-14-30/h4-22,29,33-46,54-56H,3,23-28,50H2,1-2H3,(H,51,57)(H,52,58)(H,53,59). The topological polar surface area (TPSA) is 257 Å². The number of hydrogen-bond donors (Lipinski definition) is 7. The molecular weight excluding hydrogens is 885 g/mol. The second kappa shape index (κ2) is 24.7. The van der Waals surface area contributed by atoms with Gasteiger partial charge in [0.05, 0.1) is 37.6 Å². The lowest BCUT2D eigenvalue weighted by Gasteiger charge is -2.45. The van der Waals surface area contributed by atoms with Crippen LogP contribution in [-0.4, -0.2) is 133 Å².